The molecule has 2 atom stereocenters. The number of hydrogen-bond acceptors (Lipinski definition) is 5. The van der Waals surface area contributed by atoms with Crippen LogP contribution < -0.4 is 21.9 Å². The minimum absolute atomic E-state index is 0.00610. The predicted molar refractivity (Wildman–Crippen MR) is 112 cm³/mol. The van der Waals surface area contributed by atoms with E-state index in [0.29, 0.717) is 11.4 Å². The Morgan fingerprint density at radius 3 is 2.21 bits per heavy atom. The monoisotopic (exact) mass is 462 g/mol. The highest BCUT2D eigenvalue weighted by atomic mass is 79.9. The van der Waals surface area contributed by atoms with E-state index in [2.05, 4.69) is 21.2 Å². The second-order valence-corrected chi connectivity index (χ2v) is 9.26. The van der Waals surface area contributed by atoms with Crippen LogP contribution in [0.3, 0.4) is 0 Å². The van der Waals surface area contributed by atoms with Crippen LogP contribution in [0.5, 0.6) is 0 Å². The van der Waals surface area contributed by atoms with E-state index in [9.17, 15) is 13.2 Å². The maximum atomic E-state index is 12.0. The van der Waals surface area contributed by atoms with Gasteiger partial charge in [-0.3, -0.25) is 4.79 Å². The van der Waals surface area contributed by atoms with Crippen molar-refractivity contribution in [2.24, 2.45) is 22.5 Å². The summed E-state index contributed by atoms with van der Waals surface area (Å²) in [7, 11) is -3.79. The number of primary amides is 1. The van der Waals surface area contributed by atoms with Crippen LogP contribution in [-0.2, 0) is 14.8 Å². The highest BCUT2D eigenvalue weighted by molar-refractivity contribution is 9.10. The second-order valence-electron chi connectivity index (χ2n) is 6.39. The van der Waals surface area contributed by atoms with Gasteiger partial charge in [0.2, 0.25) is 15.9 Å². The van der Waals surface area contributed by atoms with Crippen LogP contribution in [-0.4, -0.2) is 18.8 Å². The molecule has 3 rings (SSSR count). The number of alkyl halides is 1. The zero-order chi connectivity index (χ0) is 20.5. The Balaban J connectivity index is 2.00. The molecule has 0 heterocycles. The molecule has 0 radical (unpaired) electrons. The fourth-order valence-electron chi connectivity index (χ4n) is 2.90. The minimum Gasteiger partial charge on any atom is -0.369 e. The molecule has 0 fully saturated rings. The molecule has 7 nitrogen and oxygen atoms in total. The van der Waals surface area contributed by atoms with Gasteiger partial charge in [0.1, 0.15) is 4.45 Å². The van der Waals surface area contributed by atoms with E-state index in [-0.39, 0.29) is 4.90 Å². The van der Waals surface area contributed by atoms with Crippen LogP contribution in [0.25, 0.3) is 5.57 Å². The molecule has 2 unspecified atom stereocenters. The lowest BCUT2D eigenvalue weighted by molar-refractivity contribution is -0.120. The summed E-state index contributed by atoms with van der Waals surface area (Å²) < 4.78 is 21.6. The molecular formula is C19H19BrN4O3S. The normalized spacial score (nSPS) is 22.2. The maximum Gasteiger partial charge on any atom is 0.238 e. The van der Waals surface area contributed by atoms with Gasteiger partial charge in [0.15, 0.2) is 0 Å². The Bertz CT molecular complexity index is 1060. The smallest absolute Gasteiger partial charge is 0.238 e. The first-order valence-corrected chi connectivity index (χ1v) is 10.6. The lowest BCUT2D eigenvalue weighted by Crippen LogP contribution is -2.51. The lowest BCUT2D eigenvalue weighted by Gasteiger charge is -2.35. The number of benzene rings is 2. The van der Waals surface area contributed by atoms with Gasteiger partial charge in [-0.25, -0.2) is 13.6 Å². The van der Waals surface area contributed by atoms with Gasteiger partial charge in [-0.05, 0) is 41.5 Å². The largest absolute Gasteiger partial charge is 0.369 e. The first-order valence-electron chi connectivity index (χ1n) is 8.25. The molecule has 1 aliphatic rings. The average molecular weight is 463 g/mol. The SMILES string of the molecule is NC(=O)C1C=C(c2ccccc2)C=C(Nc2ccc(S(N)(=O)=O)cc2)C1(N)Br. The third-order valence-electron chi connectivity index (χ3n) is 4.39. The average Bonchev–Trinajstić information content (AvgIpc) is 2.63. The Kier molecular flexibility index (Phi) is 5.44. The first kappa shape index (κ1) is 20.3. The number of nitrogens with two attached hydrogens (primary N) is 3. The van der Waals surface area contributed by atoms with E-state index in [0.717, 1.165) is 11.1 Å². The number of halogens is 1. The second kappa shape index (κ2) is 7.51. The number of allylic oxidation sites excluding steroid dienone is 2. The molecule has 146 valence electrons. The van der Waals surface area contributed by atoms with Crippen molar-refractivity contribution in [3.05, 3.63) is 78.0 Å². The number of primary sulfonamides is 1. The van der Waals surface area contributed by atoms with E-state index < -0.39 is 26.3 Å². The van der Waals surface area contributed by atoms with Crippen LogP contribution in [0, 0.1) is 5.92 Å². The number of carbonyl (C=O) groups is 1. The van der Waals surface area contributed by atoms with Gasteiger partial charge in [0, 0.05) is 11.4 Å². The van der Waals surface area contributed by atoms with Crippen LogP contribution in [0.15, 0.2) is 77.3 Å². The molecule has 2 aromatic carbocycles. The summed E-state index contributed by atoms with van der Waals surface area (Å²) in [6, 6.07) is 15.4. The van der Waals surface area contributed by atoms with Gasteiger partial charge >= 0.3 is 0 Å². The van der Waals surface area contributed by atoms with Gasteiger partial charge in [-0.15, -0.1) is 0 Å². The third kappa shape index (κ3) is 4.17. The quantitative estimate of drug-likeness (QED) is 0.396. The molecule has 0 saturated carbocycles. The molecule has 0 bridgehead atoms. The first-order chi connectivity index (χ1) is 13.1. The molecule has 0 aromatic heterocycles. The zero-order valence-corrected chi connectivity index (χ0v) is 17.1. The summed E-state index contributed by atoms with van der Waals surface area (Å²) in [6.45, 7) is 0. The lowest BCUT2D eigenvalue weighted by atomic mass is 9.86. The van der Waals surface area contributed by atoms with Crippen molar-refractivity contribution in [3.63, 3.8) is 0 Å². The van der Waals surface area contributed by atoms with E-state index in [1.54, 1.807) is 18.2 Å². The number of rotatable bonds is 5. The molecule has 28 heavy (non-hydrogen) atoms. The Labute approximate surface area is 171 Å². The zero-order valence-electron chi connectivity index (χ0n) is 14.7. The molecule has 1 amide bonds. The van der Waals surface area contributed by atoms with E-state index in [4.69, 9.17) is 16.6 Å². The van der Waals surface area contributed by atoms with E-state index >= 15 is 0 Å². The van der Waals surface area contributed by atoms with Crippen LogP contribution in [0.2, 0.25) is 0 Å². The van der Waals surface area contributed by atoms with Crippen LogP contribution >= 0.6 is 15.9 Å². The highest BCUT2D eigenvalue weighted by Crippen LogP contribution is 2.39. The number of hydrogen-bond donors (Lipinski definition) is 4. The molecule has 1 aliphatic carbocycles. The number of carbonyl (C=O) groups excluding carboxylic acids is 1. The topological polar surface area (TPSA) is 141 Å². The van der Waals surface area contributed by atoms with Crippen molar-refractivity contribution < 1.29 is 13.2 Å². The van der Waals surface area contributed by atoms with Gasteiger partial charge in [-0.2, -0.15) is 0 Å². The molecule has 0 saturated heterocycles. The summed E-state index contributed by atoms with van der Waals surface area (Å²) in [6.07, 6.45) is 3.54. The Morgan fingerprint density at radius 1 is 1.07 bits per heavy atom. The minimum atomic E-state index is -3.79. The fraction of sp³-hybridized carbons (Fsp3) is 0.105. The van der Waals surface area contributed by atoms with Crippen molar-refractivity contribution in [1.29, 1.82) is 0 Å². The van der Waals surface area contributed by atoms with Crippen molar-refractivity contribution in [2.45, 2.75) is 9.34 Å². The standard InChI is InChI=1S/C19H19BrN4O3S/c20-19(22)16(18(21)25)10-13(12-4-2-1-3-5-12)11-17(19)24-14-6-8-15(9-7-14)28(23,26)27/h1-11,16,24H,22H2,(H2,21,25)(H2,23,26,27). The molecule has 7 N–H and O–H groups in total. The molecule has 0 aliphatic heterocycles. The molecule has 9 heteroatoms. The van der Waals surface area contributed by atoms with Gasteiger partial charge in [-0.1, -0.05) is 52.3 Å². The van der Waals surface area contributed by atoms with Gasteiger partial charge < -0.3 is 16.8 Å². The van der Waals surface area contributed by atoms with Crippen molar-refractivity contribution in [1.82, 2.24) is 0 Å². The summed E-state index contributed by atoms with van der Waals surface area (Å²) in [4.78, 5) is 12.0. The van der Waals surface area contributed by atoms with Crippen LogP contribution in [0.4, 0.5) is 5.69 Å². The predicted octanol–water partition coefficient (Wildman–Crippen LogP) is 1.88. The number of sulfonamides is 1. The number of nitrogens with one attached hydrogen (secondary N) is 1. The summed E-state index contributed by atoms with van der Waals surface area (Å²) in [5.41, 5.74) is 14.7. The van der Waals surface area contributed by atoms with Crippen molar-refractivity contribution in [3.8, 4) is 0 Å². The fourth-order valence-corrected chi connectivity index (χ4v) is 3.98. The summed E-state index contributed by atoms with van der Waals surface area (Å²) in [5, 5.41) is 8.26. The highest BCUT2D eigenvalue weighted by Gasteiger charge is 2.41. The Hall–Kier alpha value is -2.46. The number of anilines is 1. The Morgan fingerprint density at radius 2 is 1.68 bits per heavy atom. The molecular weight excluding hydrogens is 444 g/mol. The molecule has 0 spiro atoms. The van der Waals surface area contributed by atoms with Gasteiger partial charge in [0.25, 0.3) is 0 Å². The third-order valence-corrected chi connectivity index (χ3v) is 6.24. The van der Waals surface area contributed by atoms with E-state index in [1.807, 2.05) is 36.4 Å². The van der Waals surface area contributed by atoms with E-state index in [1.165, 1.54) is 12.1 Å². The summed E-state index contributed by atoms with van der Waals surface area (Å²) in [5.74, 6) is -1.39. The van der Waals surface area contributed by atoms with Crippen LogP contribution in [0.1, 0.15) is 5.56 Å². The van der Waals surface area contributed by atoms with Gasteiger partial charge in [0.05, 0.1) is 10.8 Å². The number of amides is 1. The van der Waals surface area contributed by atoms with Crippen molar-refractivity contribution in [2.75, 3.05) is 5.32 Å². The van der Waals surface area contributed by atoms with Crippen molar-refractivity contribution >= 4 is 43.1 Å². The summed E-state index contributed by atoms with van der Waals surface area (Å²) >= 11 is 3.42. The molecule has 2 aromatic rings. The maximum absolute atomic E-state index is 12.0.